The smallest absolute Gasteiger partial charge is 0.123 e. The minimum Gasteiger partial charge on any atom is -0.375 e. The SMILES string of the molecule is CNC(CCN(C)c1ccc(F)cc1)c1ccccc1C. The molecule has 1 N–H and O–H groups in total. The maximum absolute atomic E-state index is 13.0. The quantitative estimate of drug-likeness (QED) is 0.866. The second kappa shape index (κ2) is 7.23. The van der Waals surface area contributed by atoms with E-state index in [2.05, 4.69) is 41.4 Å². The molecule has 1 unspecified atom stereocenters. The Hall–Kier alpha value is -1.87. The Morgan fingerprint density at radius 3 is 2.38 bits per heavy atom. The molecular formula is C18H23FN2. The molecule has 2 aromatic carbocycles. The van der Waals surface area contributed by atoms with Crippen LogP contribution in [-0.2, 0) is 0 Å². The van der Waals surface area contributed by atoms with Gasteiger partial charge in [-0.25, -0.2) is 4.39 Å². The zero-order chi connectivity index (χ0) is 15.2. The predicted molar refractivity (Wildman–Crippen MR) is 87.3 cm³/mol. The molecular weight excluding hydrogens is 263 g/mol. The van der Waals surface area contributed by atoms with E-state index in [-0.39, 0.29) is 5.82 Å². The van der Waals surface area contributed by atoms with Crippen molar-refractivity contribution in [3.05, 3.63) is 65.5 Å². The maximum Gasteiger partial charge on any atom is 0.123 e. The van der Waals surface area contributed by atoms with Gasteiger partial charge >= 0.3 is 0 Å². The molecule has 0 spiro atoms. The minimum atomic E-state index is -0.194. The first-order chi connectivity index (χ1) is 10.1. The molecule has 1 atom stereocenters. The molecule has 3 heteroatoms. The fourth-order valence-corrected chi connectivity index (χ4v) is 2.58. The Kier molecular flexibility index (Phi) is 5.34. The van der Waals surface area contributed by atoms with Gasteiger partial charge in [0.2, 0.25) is 0 Å². The lowest BCUT2D eigenvalue weighted by Gasteiger charge is -2.24. The van der Waals surface area contributed by atoms with E-state index in [0.717, 1.165) is 18.7 Å². The number of aryl methyl sites for hydroxylation is 1. The lowest BCUT2D eigenvalue weighted by molar-refractivity contribution is 0.547. The molecule has 2 rings (SSSR count). The Balaban J connectivity index is 2.00. The Bertz CT molecular complexity index is 566. The summed E-state index contributed by atoms with van der Waals surface area (Å²) in [5.74, 6) is -0.194. The molecule has 0 aliphatic carbocycles. The van der Waals surface area contributed by atoms with Gasteiger partial charge in [0.1, 0.15) is 5.82 Å². The number of nitrogens with one attached hydrogen (secondary N) is 1. The van der Waals surface area contributed by atoms with Gasteiger partial charge in [-0.1, -0.05) is 24.3 Å². The van der Waals surface area contributed by atoms with Crippen molar-refractivity contribution >= 4 is 5.69 Å². The third-order valence-corrected chi connectivity index (χ3v) is 3.93. The van der Waals surface area contributed by atoms with Crippen LogP contribution in [0.25, 0.3) is 0 Å². The van der Waals surface area contributed by atoms with Gasteiger partial charge in [0.05, 0.1) is 0 Å². The maximum atomic E-state index is 13.0. The average Bonchev–Trinajstić information content (AvgIpc) is 2.50. The number of rotatable bonds is 6. The second-order valence-corrected chi connectivity index (χ2v) is 5.38. The highest BCUT2D eigenvalue weighted by Gasteiger charge is 2.12. The number of benzene rings is 2. The lowest BCUT2D eigenvalue weighted by Crippen LogP contribution is -2.25. The van der Waals surface area contributed by atoms with E-state index in [0.29, 0.717) is 6.04 Å². The molecule has 112 valence electrons. The van der Waals surface area contributed by atoms with E-state index < -0.39 is 0 Å². The van der Waals surface area contributed by atoms with Crippen LogP contribution in [0.1, 0.15) is 23.6 Å². The van der Waals surface area contributed by atoms with Crippen molar-refractivity contribution in [2.24, 2.45) is 0 Å². The number of hydrogen-bond acceptors (Lipinski definition) is 2. The predicted octanol–water partition coefficient (Wildman–Crippen LogP) is 3.92. The van der Waals surface area contributed by atoms with Crippen LogP contribution in [0.2, 0.25) is 0 Å². The third-order valence-electron chi connectivity index (χ3n) is 3.93. The molecule has 0 amide bonds. The standard InChI is InChI=1S/C18H23FN2/c1-14-6-4-5-7-17(14)18(20-2)12-13-21(3)16-10-8-15(19)9-11-16/h4-11,18,20H,12-13H2,1-3H3. The van der Waals surface area contributed by atoms with Gasteiger partial charge in [-0.05, 0) is 55.8 Å². The summed E-state index contributed by atoms with van der Waals surface area (Å²) in [6.07, 6.45) is 0.995. The van der Waals surface area contributed by atoms with Gasteiger partial charge in [0, 0.05) is 25.3 Å². The molecule has 0 aliphatic heterocycles. The molecule has 0 saturated heterocycles. The van der Waals surface area contributed by atoms with Crippen molar-refractivity contribution in [2.45, 2.75) is 19.4 Å². The summed E-state index contributed by atoms with van der Waals surface area (Å²) in [5, 5.41) is 3.39. The lowest BCUT2D eigenvalue weighted by atomic mass is 9.99. The van der Waals surface area contributed by atoms with E-state index >= 15 is 0 Å². The van der Waals surface area contributed by atoms with Crippen molar-refractivity contribution in [2.75, 3.05) is 25.5 Å². The van der Waals surface area contributed by atoms with E-state index in [1.807, 2.05) is 26.2 Å². The summed E-state index contributed by atoms with van der Waals surface area (Å²) in [7, 11) is 4.03. The highest BCUT2D eigenvalue weighted by atomic mass is 19.1. The van der Waals surface area contributed by atoms with Crippen LogP contribution in [0.4, 0.5) is 10.1 Å². The first kappa shape index (κ1) is 15.5. The summed E-state index contributed by atoms with van der Waals surface area (Å²) < 4.78 is 13.0. The number of halogens is 1. The first-order valence-corrected chi connectivity index (χ1v) is 7.31. The Morgan fingerprint density at radius 2 is 1.76 bits per heavy atom. The normalized spacial score (nSPS) is 12.2. The molecule has 0 heterocycles. The molecule has 0 fully saturated rings. The van der Waals surface area contributed by atoms with Gasteiger partial charge in [-0.2, -0.15) is 0 Å². The highest BCUT2D eigenvalue weighted by Crippen LogP contribution is 2.22. The first-order valence-electron chi connectivity index (χ1n) is 7.31. The fourth-order valence-electron chi connectivity index (χ4n) is 2.58. The van der Waals surface area contributed by atoms with Crippen LogP contribution in [0.5, 0.6) is 0 Å². The fraction of sp³-hybridized carbons (Fsp3) is 0.333. The molecule has 0 radical (unpaired) electrons. The number of nitrogens with zero attached hydrogens (tertiary/aromatic N) is 1. The van der Waals surface area contributed by atoms with Gasteiger partial charge in [0.15, 0.2) is 0 Å². The third kappa shape index (κ3) is 4.05. The molecule has 0 bridgehead atoms. The zero-order valence-corrected chi connectivity index (χ0v) is 12.9. The Labute approximate surface area is 126 Å². The van der Waals surface area contributed by atoms with Crippen LogP contribution in [0, 0.1) is 12.7 Å². The average molecular weight is 286 g/mol. The van der Waals surface area contributed by atoms with Crippen LogP contribution in [0.15, 0.2) is 48.5 Å². The molecule has 0 aromatic heterocycles. The molecule has 0 aliphatic rings. The van der Waals surface area contributed by atoms with Crippen molar-refractivity contribution in [3.8, 4) is 0 Å². The van der Waals surface area contributed by atoms with Gasteiger partial charge in [-0.15, -0.1) is 0 Å². The van der Waals surface area contributed by atoms with Crippen LogP contribution >= 0.6 is 0 Å². The van der Waals surface area contributed by atoms with Gasteiger partial charge in [0.25, 0.3) is 0 Å². The molecule has 0 saturated carbocycles. The topological polar surface area (TPSA) is 15.3 Å². The minimum absolute atomic E-state index is 0.194. The second-order valence-electron chi connectivity index (χ2n) is 5.38. The molecule has 21 heavy (non-hydrogen) atoms. The highest BCUT2D eigenvalue weighted by molar-refractivity contribution is 5.45. The van der Waals surface area contributed by atoms with Gasteiger partial charge in [-0.3, -0.25) is 0 Å². The summed E-state index contributed by atoms with van der Waals surface area (Å²) in [6, 6.07) is 15.4. The zero-order valence-electron chi connectivity index (χ0n) is 12.9. The number of anilines is 1. The largest absolute Gasteiger partial charge is 0.375 e. The molecule has 2 aromatic rings. The summed E-state index contributed by atoms with van der Waals surface area (Å²) in [4.78, 5) is 2.15. The summed E-state index contributed by atoms with van der Waals surface area (Å²) in [5.41, 5.74) is 3.69. The van der Waals surface area contributed by atoms with E-state index in [1.54, 1.807) is 0 Å². The summed E-state index contributed by atoms with van der Waals surface area (Å²) >= 11 is 0. The molecule has 2 nitrogen and oxygen atoms in total. The van der Waals surface area contributed by atoms with Crippen LogP contribution in [-0.4, -0.2) is 20.6 Å². The summed E-state index contributed by atoms with van der Waals surface area (Å²) in [6.45, 7) is 3.05. The van der Waals surface area contributed by atoms with Crippen molar-refractivity contribution < 1.29 is 4.39 Å². The van der Waals surface area contributed by atoms with Crippen molar-refractivity contribution in [1.82, 2.24) is 5.32 Å². The number of hydrogen-bond donors (Lipinski definition) is 1. The van der Waals surface area contributed by atoms with Gasteiger partial charge < -0.3 is 10.2 Å². The Morgan fingerprint density at radius 1 is 1.10 bits per heavy atom. The van der Waals surface area contributed by atoms with Crippen molar-refractivity contribution in [3.63, 3.8) is 0 Å². The van der Waals surface area contributed by atoms with E-state index in [1.165, 1.54) is 23.3 Å². The van der Waals surface area contributed by atoms with Crippen molar-refractivity contribution in [1.29, 1.82) is 0 Å². The van der Waals surface area contributed by atoms with E-state index in [9.17, 15) is 4.39 Å². The van der Waals surface area contributed by atoms with Crippen LogP contribution < -0.4 is 10.2 Å². The van der Waals surface area contributed by atoms with Crippen LogP contribution in [0.3, 0.4) is 0 Å². The monoisotopic (exact) mass is 286 g/mol. The van der Waals surface area contributed by atoms with E-state index in [4.69, 9.17) is 0 Å².